The number of hydrogen-bond donors (Lipinski definition) is 0. The summed E-state index contributed by atoms with van der Waals surface area (Å²) in [7, 11) is 0. The van der Waals surface area contributed by atoms with Crippen LogP contribution in [0.3, 0.4) is 0 Å². The fraction of sp³-hybridized carbons (Fsp3) is 0.714. The van der Waals surface area contributed by atoms with E-state index < -0.39 is 0 Å². The van der Waals surface area contributed by atoms with Gasteiger partial charge in [0.1, 0.15) is 0 Å². The number of hydrogen-bond acceptors (Lipinski definition) is 0. The van der Waals surface area contributed by atoms with Crippen molar-refractivity contribution in [1.82, 2.24) is 0 Å². The molecule has 0 saturated carbocycles. The Morgan fingerprint density at radius 3 is 1.47 bits per heavy atom. The molecule has 0 aromatic carbocycles. The fourth-order valence-corrected chi connectivity index (χ4v) is 3.28. The summed E-state index contributed by atoms with van der Waals surface area (Å²) < 4.78 is 0. The standard InChI is InChI=1S/2C4H9.2C3H5.2Al.ClH.H2/c2*1-4(2)3;2*1-3-2;;;;/h2*4H,1H2,2-3H3;2*3H,1-2H2;;;2*1H. The quantitative estimate of drug-likeness (QED) is 0.318. The lowest BCUT2D eigenvalue weighted by atomic mass is 10.3. The normalized spacial score (nSPS) is 8.82. The molecule has 100 valence electrons. The van der Waals surface area contributed by atoms with E-state index in [0.29, 0.717) is 15.2 Å². The maximum atomic E-state index is 3.62. The second-order valence-electron chi connectivity index (χ2n) is 4.89. The van der Waals surface area contributed by atoms with Crippen molar-refractivity contribution in [3.05, 3.63) is 25.3 Å². The van der Waals surface area contributed by atoms with E-state index in [0.717, 1.165) is 27.1 Å². The van der Waals surface area contributed by atoms with Crippen molar-refractivity contribution in [2.75, 3.05) is 0 Å². The zero-order valence-electron chi connectivity index (χ0n) is 12.1. The van der Waals surface area contributed by atoms with Crippen molar-refractivity contribution in [1.29, 1.82) is 0 Å². The molecule has 0 N–H and O–H groups in total. The van der Waals surface area contributed by atoms with E-state index in [1.165, 1.54) is 21.1 Å². The highest BCUT2D eigenvalue weighted by molar-refractivity contribution is 6.36. The highest BCUT2D eigenvalue weighted by atomic mass is 35.5. The Kier molecular flexibility index (Phi) is 25.9. The molecule has 0 fully saturated rings. The number of rotatable bonds is 8. The van der Waals surface area contributed by atoms with E-state index in [1.807, 2.05) is 12.2 Å². The SMILES string of the molecule is C=C[CH2][Al][CH2]C=C.CC(C)[CH2][Al][CH2]C(C)C.Cl.[HH]. The third-order valence-electron chi connectivity index (χ3n) is 1.94. The zero-order chi connectivity index (χ0) is 12.8. The van der Waals surface area contributed by atoms with E-state index in [4.69, 9.17) is 0 Å². The van der Waals surface area contributed by atoms with Crippen molar-refractivity contribution in [2.24, 2.45) is 11.8 Å². The Hall–Kier alpha value is 0.835. The molecule has 0 aromatic rings. The summed E-state index contributed by atoms with van der Waals surface area (Å²) in [6.45, 7) is 16.5. The Morgan fingerprint density at radius 2 is 1.24 bits per heavy atom. The molecule has 0 spiro atoms. The second-order valence-corrected chi connectivity index (χ2v) is 7.93. The van der Waals surface area contributed by atoms with Gasteiger partial charge in [-0.25, -0.2) is 0 Å². The first-order chi connectivity index (χ1) is 7.54. The van der Waals surface area contributed by atoms with Crippen LogP contribution in [0.15, 0.2) is 25.3 Å². The second kappa shape index (κ2) is 19.2. The lowest BCUT2D eigenvalue weighted by Gasteiger charge is -2.03. The highest BCUT2D eigenvalue weighted by Gasteiger charge is 1.98. The van der Waals surface area contributed by atoms with Gasteiger partial charge in [0.2, 0.25) is 30.4 Å². The summed E-state index contributed by atoms with van der Waals surface area (Å²) in [6, 6.07) is 0. The van der Waals surface area contributed by atoms with Crippen molar-refractivity contribution >= 4 is 42.8 Å². The summed E-state index contributed by atoms with van der Waals surface area (Å²) in [6.07, 6.45) is 3.94. The molecule has 0 amide bonds. The Bertz CT molecular complexity index is 146. The third kappa shape index (κ3) is 31.6. The first-order valence-corrected chi connectivity index (χ1v) is 9.66. The van der Waals surface area contributed by atoms with Gasteiger partial charge in [-0.3, -0.25) is 0 Å². The van der Waals surface area contributed by atoms with Crippen LogP contribution in [-0.4, -0.2) is 30.4 Å². The average Bonchev–Trinajstić information content (AvgIpc) is 2.18. The van der Waals surface area contributed by atoms with Gasteiger partial charge in [-0.15, -0.1) is 48.3 Å². The van der Waals surface area contributed by atoms with Crippen LogP contribution in [0.4, 0.5) is 0 Å². The topological polar surface area (TPSA) is 0 Å². The van der Waals surface area contributed by atoms with Gasteiger partial charge < -0.3 is 0 Å². The van der Waals surface area contributed by atoms with Gasteiger partial charge in [-0.05, 0) is 0 Å². The molecule has 2 radical (unpaired) electrons. The summed E-state index contributed by atoms with van der Waals surface area (Å²) in [5.74, 6) is 1.86. The molecule has 0 unspecified atom stereocenters. The lowest BCUT2D eigenvalue weighted by Crippen LogP contribution is -1.99. The minimum Gasteiger partial charge on any atom is -0.147 e. The molecular weight excluding hydrogens is 258 g/mol. The number of allylic oxidation sites excluding steroid dienone is 2. The van der Waals surface area contributed by atoms with Gasteiger partial charge in [0.05, 0.1) is 0 Å². The molecule has 0 aliphatic rings. The van der Waals surface area contributed by atoms with Gasteiger partial charge in [0.25, 0.3) is 0 Å². The maximum absolute atomic E-state index is 3.62. The molecule has 3 heteroatoms. The van der Waals surface area contributed by atoms with Crippen LogP contribution in [-0.2, 0) is 0 Å². The Balaban J connectivity index is -0.000000100. The molecule has 0 rings (SSSR count). The van der Waals surface area contributed by atoms with Crippen LogP contribution in [0.25, 0.3) is 0 Å². The zero-order valence-corrected chi connectivity index (χ0v) is 15.2. The summed E-state index contributed by atoms with van der Waals surface area (Å²) in [5.41, 5.74) is 0. The monoisotopic (exact) mass is 288 g/mol. The molecule has 0 bridgehead atoms. The molecule has 0 aliphatic carbocycles. The average molecular weight is 289 g/mol. The Labute approximate surface area is 130 Å². The fourth-order valence-electron chi connectivity index (χ4n) is 1.09. The summed E-state index contributed by atoms with van der Waals surface area (Å²) >= 11 is 1.34. The first-order valence-electron chi connectivity index (χ1n) is 6.39. The molecule has 0 nitrogen and oxygen atoms in total. The largest absolute Gasteiger partial charge is 0.212 e. The van der Waals surface area contributed by atoms with Gasteiger partial charge in [-0.2, -0.15) is 0 Å². The summed E-state index contributed by atoms with van der Waals surface area (Å²) in [4.78, 5) is 0. The van der Waals surface area contributed by atoms with Crippen molar-refractivity contribution in [3.63, 3.8) is 0 Å². The predicted molar refractivity (Wildman–Crippen MR) is 90.2 cm³/mol. The van der Waals surface area contributed by atoms with E-state index in [2.05, 4.69) is 40.9 Å². The van der Waals surface area contributed by atoms with E-state index in [1.54, 1.807) is 0 Å². The smallest absolute Gasteiger partial charge is 0.147 e. The Morgan fingerprint density at radius 1 is 0.882 bits per heavy atom. The molecule has 0 heterocycles. The minimum absolute atomic E-state index is 0. The first kappa shape index (κ1) is 23.0. The van der Waals surface area contributed by atoms with Gasteiger partial charge >= 0.3 is 0 Å². The van der Waals surface area contributed by atoms with Gasteiger partial charge in [0, 0.05) is 1.43 Å². The van der Waals surface area contributed by atoms with Crippen molar-refractivity contribution in [2.45, 2.75) is 48.8 Å². The van der Waals surface area contributed by atoms with Crippen molar-refractivity contribution in [3.8, 4) is 0 Å². The van der Waals surface area contributed by atoms with Crippen LogP contribution in [0.1, 0.15) is 29.1 Å². The van der Waals surface area contributed by atoms with Gasteiger partial charge in [0.15, 0.2) is 0 Å². The van der Waals surface area contributed by atoms with Crippen LogP contribution >= 0.6 is 12.4 Å². The molecule has 0 aliphatic heterocycles. The molecule has 0 atom stereocenters. The van der Waals surface area contributed by atoms with E-state index in [-0.39, 0.29) is 13.8 Å². The third-order valence-corrected chi connectivity index (χ3v) is 5.83. The van der Waals surface area contributed by atoms with Crippen LogP contribution < -0.4 is 0 Å². The van der Waals surface area contributed by atoms with E-state index >= 15 is 0 Å². The maximum Gasteiger partial charge on any atom is 0.212 e. The molecule has 0 aromatic heterocycles. The lowest BCUT2D eigenvalue weighted by molar-refractivity contribution is 0.700. The predicted octanol–water partition coefficient (Wildman–Crippen LogP) is 5.41. The van der Waals surface area contributed by atoms with E-state index in [9.17, 15) is 0 Å². The molecule has 17 heavy (non-hydrogen) atoms. The number of halogens is 1. The highest BCUT2D eigenvalue weighted by Crippen LogP contribution is 2.05. The molecule has 0 saturated heterocycles. The van der Waals surface area contributed by atoms with Crippen LogP contribution in [0.2, 0.25) is 21.1 Å². The molecular formula is C14H31Al2Cl. The van der Waals surface area contributed by atoms with Gasteiger partial charge in [-0.1, -0.05) is 50.1 Å². The minimum atomic E-state index is 0. The van der Waals surface area contributed by atoms with Crippen LogP contribution in [0.5, 0.6) is 0 Å². The van der Waals surface area contributed by atoms with Crippen molar-refractivity contribution < 1.29 is 1.43 Å². The van der Waals surface area contributed by atoms with Crippen LogP contribution in [0, 0.1) is 11.8 Å². The summed E-state index contributed by atoms with van der Waals surface area (Å²) in [5, 5.41) is 5.37.